The first kappa shape index (κ1) is 18.6. The van der Waals surface area contributed by atoms with Crippen molar-refractivity contribution in [2.75, 3.05) is 33.4 Å². The average molecular weight is 348 g/mol. The lowest BCUT2D eigenvalue weighted by atomic mass is 10.2. The number of nitrogens with zero attached hydrogens (tertiary/aromatic N) is 1. The zero-order valence-electron chi connectivity index (χ0n) is 13.9. The highest BCUT2D eigenvalue weighted by atomic mass is 32.1. The van der Waals surface area contributed by atoms with Crippen molar-refractivity contribution < 1.29 is 14.6 Å². The van der Waals surface area contributed by atoms with Gasteiger partial charge in [-0.05, 0) is 17.0 Å². The number of aliphatic hydroxyl groups excluding tert-OH is 1. The van der Waals surface area contributed by atoms with E-state index < -0.39 is 6.10 Å². The van der Waals surface area contributed by atoms with Gasteiger partial charge in [-0.1, -0.05) is 36.4 Å². The van der Waals surface area contributed by atoms with Gasteiger partial charge in [0.15, 0.2) is 0 Å². The summed E-state index contributed by atoms with van der Waals surface area (Å²) >= 11 is 1.50. The molecular weight excluding hydrogens is 324 g/mol. The van der Waals surface area contributed by atoms with E-state index in [1.165, 1.54) is 11.3 Å². The largest absolute Gasteiger partial charge is 0.386 e. The minimum atomic E-state index is -0.670. The van der Waals surface area contributed by atoms with Gasteiger partial charge in [0.05, 0.1) is 19.7 Å². The fourth-order valence-electron chi connectivity index (χ4n) is 2.32. The zero-order chi connectivity index (χ0) is 17.2. The third-order valence-corrected chi connectivity index (χ3v) is 4.57. The molecular formula is C18H24N2O3S. The normalized spacial score (nSPS) is 12.1. The number of methoxy groups -OCH3 is 1. The molecule has 5 nitrogen and oxygen atoms in total. The molecule has 24 heavy (non-hydrogen) atoms. The van der Waals surface area contributed by atoms with Crippen LogP contribution in [0.4, 0.5) is 0 Å². The van der Waals surface area contributed by atoms with Crippen molar-refractivity contribution in [2.24, 2.45) is 0 Å². The monoisotopic (exact) mass is 348 g/mol. The lowest BCUT2D eigenvalue weighted by Crippen LogP contribution is -2.40. The summed E-state index contributed by atoms with van der Waals surface area (Å²) in [6, 6.07) is 13.6. The lowest BCUT2D eigenvalue weighted by Gasteiger charge is -2.25. The summed E-state index contributed by atoms with van der Waals surface area (Å²) in [5.41, 5.74) is 1.04. The average Bonchev–Trinajstić information content (AvgIpc) is 3.13. The highest BCUT2D eigenvalue weighted by Crippen LogP contribution is 2.20. The molecule has 2 rings (SSSR count). The van der Waals surface area contributed by atoms with Gasteiger partial charge in [0.25, 0.3) is 0 Å². The van der Waals surface area contributed by atoms with Crippen molar-refractivity contribution in [1.82, 2.24) is 10.2 Å². The van der Waals surface area contributed by atoms with Gasteiger partial charge in [-0.25, -0.2) is 0 Å². The van der Waals surface area contributed by atoms with Crippen LogP contribution >= 0.6 is 11.3 Å². The van der Waals surface area contributed by atoms with Gasteiger partial charge in [-0.15, -0.1) is 11.3 Å². The number of hydrogen-bond acceptors (Lipinski definition) is 5. The molecule has 1 amide bonds. The van der Waals surface area contributed by atoms with Crippen LogP contribution in [0.2, 0.25) is 0 Å². The number of carbonyl (C=O) groups is 1. The third-order valence-electron chi connectivity index (χ3n) is 3.59. The van der Waals surface area contributed by atoms with Gasteiger partial charge in [0.1, 0.15) is 6.10 Å². The summed E-state index contributed by atoms with van der Waals surface area (Å²) in [4.78, 5) is 15.1. The predicted octanol–water partition coefficient (Wildman–Crippen LogP) is 2.05. The first-order valence-corrected chi connectivity index (χ1v) is 8.81. The van der Waals surface area contributed by atoms with Crippen molar-refractivity contribution >= 4 is 17.2 Å². The number of amides is 1. The Morgan fingerprint density at radius 3 is 2.75 bits per heavy atom. The van der Waals surface area contributed by atoms with E-state index in [1.807, 2.05) is 47.8 Å². The Morgan fingerprint density at radius 1 is 1.29 bits per heavy atom. The van der Waals surface area contributed by atoms with E-state index in [9.17, 15) is 9.90 Å². The molecule has 2 N–H and O–H groups in total. The SMILES string of the molecule is COCCNCC(=O)N(Cc1ccccc1)CC(O)c1cccs1. The number of nitrogens with one attached hydrogen (secondary N) is 1. The predicted molar refractivity (Wildman–Crippen MR) is 95.9 cm³/mol. The maximum atomic E-state index is 12.5. The molecule has 1 aromatic carbocycles. The van der Waals surface area contributed by atoms with E-state index in [2.05, 4.69) is 5.32 Å². The second-order valence-electron chi connectivity index (χ2n) is 5.46. The number of carbonyl (C=O) groups excluding carboxylic acids is 1. The molecule has 0 aliphatic carbocycles. The molecule has 130 valence electrons. The molecule has 1 unspecified atom stereocenters. The summed E-state index contributed by atoms with van der Waals surface area (Å²) in [6.07, 6.45) is -0.670. The smallest absolute Gasteiger partial charge is 0.236 e. The van der Waals surface area contributed by atoms with Crippen LogP contribution < -0.4 is 5.32 Å². The molecule has 1 aromatic heterocycles. The molecule has 1 atom stereocenters. The van der Waals surface area contributed by atoms with E-state index in [0.717, 1.165) is 10.4 Å². The van der Waals surface area contributed by atoms with Crippen molar-refractivity contribution in [3.63, 3.8) is 0 Å². The van der Waals surface area contributed by atoms with Crippen LogP contribution in [0.3, 0.4) is 0 Å². The second-order valence-corrected chi connectivity index (χ2v) is 6.44. The number of thiophene rings is 1. The number of hydrogen-bond donors (Lipinski definition) is 2. The molecule has 0 spiro atoms. The molecule has 0 bridgehead atoms. The Labute approximate surface area is 146 Å². The number of rotatable bonds is 10. The first-order chi connectivity index (χ1) is 11.7. The Bertz CT molecular complexity index is 590. The fraction of sp³-hybridized carbons (Fsp3) is 0.389. The van der Waals surface area contributed by atoms with Crippen molar-refractivity contribution in [3.8, 4) is 0 Å². The molecule has 2 aromatic rings. The fourth-order valence-corrected chi connectivity index (χ4v) is 3.02. The van der Waals surface area contributed by atoms with Crippen LogP contribution in [0.5, 0.6) is 0 Å². The van der Waals surface area contributed by atoms with Crippen LogP contribution in [-0.2, 0) is 16.1 Å². The molecule has 0 saturated carbocycles. The van der Waals surface area contributed by atoms with Crippen LogP contribution in [0.1, 0.15) is 16.5 Å². The summed E-state index contributed by atoms with van der Waals surface area (Å²) < 4.78 is 4.97. The molecule has 1 heterocycles. The van der Waals surface area contributed by atoms with Crippen LogP contribution in [0.15, 0.2) is 47.8 Å². The Hall–Kier alpha value is -1.73. The maximum Gasteiger partial charge on any atom is 0.236 e. The maximum absolute atomic E-state index is 12.5. The van der Waals surface area contributed by atoms with Crippen molar-refractivity contribution in [2.45, 2.75) is 12.6 Å². The molecule has 0 aliphatic rings. The Balaban J connectivity index is 1.98. The second kappa shape index (κ2) is 10.2. The zero-order valence-corrected chi connectivity index (χ0v) is 14.7. The van der Waals surface area contributed by atoms with Crippen LogP contribution in [0, 0.1) is 0 Å². The summed E-state index contributed by atoms with van der Waals surface area (Å²) in [7, 11) is 1.63. The van der Waals surface area contributed by atoms with E-state index in [0.29, 0.717) is 19.7 Å². The van der Waals surface area contributed by atoms with Crippen LogP contribution in [-0.4, -0.2) is 49.3 Å². The van der Waals surface area contributed by atoms with Crippen molar-refractivity contribution in [3.05, 3.63) is 58.3 Å². The Morgan fingerprint density at radius 2 is 2.08 bits per heavy atom. The van der Waals surface area contributed by atoms with Gasteiger partial charge in [0.2, 0.25) is 5.91 Å². The number of ether oxygens (including phenoxy) is 1. The quantitative estimate of drug-likeness (QED) is 0.645. The Kier molecular flexibility index (Phi) is 7.91. The summed E-state index contributed by atoms with van der Waals surface area (Å²) in [5.74, 6) is -0.0365. The van der Waals surface area contributed by atoms with Gasteiger partial charge in [-0.3, -0.25) is 4.79 Å². The minimum Gasteiger partial charge on any atom is -0.386 e. The van der Waals surface area contributed by atoms with E-state index in [-0.39, 0.29) is 19.0 Å². The number of aliphatic hydroxyl groups is 1. The first-order valence-electron chi connectivity index (χ1n) is 7.93. The van der Waals surface area contributed by atoms with Gasteiger partial charge in [0, 0.05) is 25.1 Å². The van der Waals surface area contributed by atoms with E-state index in [4.69, 9.17) is 4.74 Å². The van der Waals surface area contributed by atoms with Gasteiger partial charge in [-0.2, -0.15) is 0 Å². The molecule has 0 radical (unpaired) electrons. The standard InChI is InChI=1S/C18H24N2O3S/c1-23-10-9-19-12-18(22)20(13-15-6-3-2-4-7-15)14-16(21)17-8-5-11-24-17/h2-8,11,16,19,21H,9-10,12-14H2,1H3. The third kappa shape index (κ3) is 6.05. The highest BCUT2D eigenvalue weighted by Gasteiger charge is 2.19. The minimum absolute atomic E-state index is 0.0365. The lowest BCUT2D eigenvalue weighted by molar-refractivity contribution is -0.132. The highest BCUT2D eigenvalue weighted by molar-refractivity contribution is 7.10. The molecule has 0 fully saturated rings. The summed E-state index contributed by atoms with van der Waals surface area (Å²) in [5, 5.41) is 15.4. The summed E-state index contributed by atoms with van der Waals surface area (Å²) in [6.45, 7) is 2.17. The topological polar surface area (TPSA) is 61.8 Å². The van der Waals surface area contributed by atoms with Gasteiger partial charge >= 0.3 is 0 Å². The van der Waals surface area contributed by atoms with E-state index in [1.54, 1.807) is 12.0 Å². The van der Waals surface area contributed by atoms with Crippen LogP contribution in [0.25, 0.3) is 0 Å². The van der Waals surface area contributed by atoms with Crippen molar-refractivity contribution in [1.29, 1.82) is 0 Å². The molecule has 0 aliphatic heterocycles. The van der Waals surface area contributed by atoms with Gasteiger partial charge < -0.3 is 20.1 Å². The number of benzene rings is 1. The van der Waals surface area contributed by atoms with E-state index >= 15 is 0 Å². The molecule has 6 heteroatoms. The molecule has 0 saturated heterocycles.